The molecule has 0 N–H and O–H groups in total. The van der Waals surface area contributed by atoms with Crippen LogP contribution in [0.25, 0.3) is 0 Å². The average Bonchev–Trinajstić information content (AvgIpc) is 3.40. The minimum absolute atomic E-state index is 0.0258. The van der Waals surface area contributed by atoms with E-state index in [4.69, 9.17) is 0 Å². The summed E-state index contributed by atoms with van der Waals surface area (Å²) in [5.41, 5.74) is 2.39. The first-order valence-electron chi connectivity index (χ1n) is 10.6. The number of benzene rings is 1. The zero-order valence-corrected chi connectivity index (χ0v) is 17.4. The Labute approximate surface area is 171 Å². The number of hydrogen-bond acceptors (Lipinski definition) is 4. The van der Waals surface area contributed by atoms with Crippen molar-refractivity contribution in [3.8, 4) is 0 Å². The van der Waals surface area contributed by atoms with Gasteiger partial charge in [-0.25, -0.2) is 8.42 Å². The fourth-order valence-electron chi connectivity index (χ4n) is 5.11. The zero-order valence-electron chi connectivity index (χ0n) is 16.5. The lowest BCUT2D eigenvalue weighted by Gasteiger charge is -2.43. The average molecular weight is 418 g/mol. The van der Waals surface area contributed by atoms with E-state index in [1.165, 1.54) is 9.87 Å². The van der Waals surface area contributed by atoms with E-state index in [1.807, 2.05) is 17.0 Å². The van der Waals surface area contributed by atoms with Gasteiger partial charge in [0.25, 0.3) is 0 Å². The van der Waals surface area contributed by atoms with Crippen molar-refractivity contribution in [2.45, 2.75) is 49.5 Å². The van der Waals surface area contributed by atoms with Crippen LogP contribution in [0.5, 0.6) is 0 Å². The van der Waals surface area contributed by atoms with Gasteiger partial charge in [0.1, 0.15) is 0 Å². The van der Waals surface area contributed by atoms with Crippen LogP contribution in [0.2, 0.25) is 0 Å². The highest BCUT2D eigenvalue weighted by Crippen LogP contribution is 2.32. The molecule has 3 saturated heterocycles. The molecule has 3 heterocycles. The molecule has 1 aromatic rings. The highest BCUT2D eigenvalue weighted by molar-refractivity contribution is 7.89. The maximum absolute atomic E-state index is 13.0. The second-order valence-electron chi connectivity index (χ2n) is 8.74. The zero-order chi connectivity index (χ0) is 20.2. The van der Waals surface area contributed by atoms with Crippen LogP contribution in [-0.2, 0) is 32.5 Å². The fourth-order valence-corrected chi connectivity index (χ4v) is 6.68. The Morgan fingerprint density at radius 1 is 0.966 bits per heavy atom. The topological polar surface area (TPSA) is 78.0 Å². The molecule has 29 heavy (non-hydrogen) atoms. The quantitative estimate of drug-likeness (QED) is 0.733. The SMILES string of the molecule is O=C(C1CC(=O)N(C2CN(S(=O)(=O)c3ccc4c(c3)CCC4)C2)C1)N1CCCC1. The predicted octanol–water partition coefficient (Wildman–Crippen LogP) is 1.02. The number of likely N-dealkylation sites (tertiary alicyclic amines) is 2. The van der Waals surface area contributed by atoms with Crippen molar-refractivity contribution in [2.24, 2.45) is 5.92 Å². The summed E-state index contributed by atoms with van der Waals surface area (Å²) >= 11 is 0. The van der Waals surface area contributed by atoms with Gasteiger partial charge >= 0.3 is 0 Å². The van der Waals surface area contributed by atoms with Crippen LogP contribution in [0.4, 0.5) is 0 Å². The number of carbonyl (C=O) groups excluding carboxylic acids is 2. The molecule has 5 rings (SSSR count). The standard InChI is InChI=1S/C21H27N3O4S/c25-20-11-17(21(26)22-8-1-2-9-22)12-24(20)18-13-23(14-18)29(27,28)19-7-6-15-4-3-5-16(15)10-19/h6-7,10,17-18H,1-5,8-9,11-14H2. The summed E-state index contributed by atoms with van der Waals surface area (Å²) in [6.45, 7) is 2.64. The van der Waals surface area contributed by atoms with Gasteiger partial charge in [0.05, 0.1) is 16.9 Å². The fraction of sp³-hybridized carbons (Fsp3) is 0.619. The first-order valence-corrected chi connectivity index (χ1v) is 12.1. The smallest absolute Gasteiger partial charge is 0.243 e. The van der Waals surface area contributed by atoms with Gasteiger partial charge < -0.3 is 9.80 Å². The van der Waals surface area contributed by atoms with Crippen molar-refractivity contribution >= 4 is 21.8 Å². The van der Waals surface area contributed by atoms with E-state index in [-0.39, 0.29) is 30.2 Å². The van der Waals surface area contributed by atoms with E-state index in [0.29, 0.717) is 24.5 Å². The van der Waals surface area contributed by atoms with Crippen LogP contribution in [-0.4, -0.2) is 73.1 Å². The summed E-state index contributed by atoms with van der Waals surface area (Å²) in [5.74, 6) is -0.217. The molecule has 1 aliphatic carbocycles. The van der Waals surface area contributed by atoms with E-state index in [9.17, 15) is 18.0 Å². The largest absolute Gasteiger partial charge is 0.342 e. The van der Waals surface area contributed by atoms with Crippen LogP contribution in [0.15, 0.2) is 23.1 Å². The molecule has 0 aromatic heterocycles. The molecule has 1 atom stereocenters. The van der Waals surface area contributed by atoms with E-state index >= 15 is 0 Å². The van der Waals surface area contributed by atoms with Crippen molar-refractivity contribution < 1.29 is 18.0 Å². The number of carbonyl (C=O) groups is 2. The number of amides is 2. The summed E-state index contributed by atoms with van der Waals surface area (Å²) < 4.78 is 27.4. The summed E-state index contributed by atoms with van der Waals surface area (Å²) in [7, 11) is -3.53. The molecule has 3 fully saturated rings. The van der Waals surface area contributed by atoms with E-state index in [0.717, 1.165) is 50.8 Å². The van der Waals surface area contributed by atoms with Crippen LogP contribution in [0.1, 0.15) is 36.8 Å². The van der Waals surface area contributed by atoms with Crippen molar-refractivity contribution in [1.82, 2.24) is 14.1 Å². The second kappa shape index (κ2) is 7.09. The Kier molecular flexibility index (Phi) is 4.66. The number of hydrogen-bond donors (Lipinski definition) is 0. The Morgan fingerprint density at radius 2 is 1.69 bits per heavy atom. The van der Waals surface area contributed by atoms with E-state index in [1.54, 1.807) is 11.0 Å². The molecule has 156 valence electrons. The Bertz CT molecular complexity index is 949. The van der Waals surface area contributed by atoms with Gasteiger partial charge in [-0.1, -0.05) is 6.07 Å². The van der Waals surface area contributed by atoms with Crippen molar-refractivity contribution in [3.05, 3.63) is 29.3 Å². The number of rotatable bonds is 4. The highest BCUT2D eigenvalue weighted by Gasteiger charge is 2.46. The van der Waals surface area contributed by atoms with Crippen LogP contribution in [0, 0.1) is 5.92 Å². The Morgan fingerprint density at radius 3 is 2.45 bits per heavy atom. The molecule has 8 heteroatoms. The minimum atomic E-state index is -3.53. The van der Waals surface area contributed by atoms with Crippen LogP contribution in [0.3, 0.4) is 0 Å². The second-order valence-corrected chi connectivity index (χ2v) is 10.7. The third-order valence-electron chi connectivity index (χ3n) is 6.90. The van der Waals surface area contributed by atoms with E-state index < -0.39 is 10.0 Å². The number of fused-ring (bicyclic) bond motifs is 1. The Balaban J connectivity index is 1.22. The predicted molar refractivity (Wildman–Crippen MR) is 107 cm³/mol. The van der Waals surface area contributed by atoms with Crippen LogP contribution < -0.4 is 0 Å². The third kappa shape index (κ3) is 3.26. The third-order valence-corrected chi connectivity index (χ3v) is 8.73. The molecule has 7 nitrogen and oxygen atoms in total. The van der Waals surface area contributed by atoms with Gasteiger partial charge in [0.2, 0.25) is 21.8 Å². The molecule has 1 aromatic carbocycles. The van der Waals surface area contributed by atoms with E-state index in [2.05, 4.69) is 0 Å². The van der Waals surface area contributed by atoms with Gasteiger partial charge in [0, 0.05) is 39.1 Å². The minimum Gasteiger partial charge on any atom is -0.342 e. The molecule has 3 aliphatic heterocycles. The normalized spacial score (nSPS) is 25.5. The lowest BCUT2D eigenvalue weighted by atomic mass is 10.1. The van der Waals surface area contributed by atoms with Gasteiger partial charge in [-0.3, -0.25) is 9.59 Å². The molecule has 0 saturated carbocycles. The lowest BCUT2D eigenvalue weighted by molar-refractivity contribution is -0.135. The van der Waals surface area contributed by atoms with Crippen molar-refractivity contribution in [1.29, 1.82) is 0 Å². The highest BCUT2D eigenvalue weighted by atomic mass is 32.2. The number of nitrogens with zero attached hydrogens (tertiary/aromatic N) is 3. The maximum Gasteiger partial charge on any atom is 0.243 e. The van der Waals surface area contributed by atoms with Gasteiger partial charge in [0.15, 0.2) is 0 Å². The summed E-state index contributed by atoms with van der Waals surface area (Å²) in [5, 5.41) is 0. The lowest BCUT2D eigenvalue weighted by Crippen LogP contribution is -2.61. The molecule has 4 aliphatic rings. The molecular weight excluding hydrogens is 390 g/mol. The number of aryl methyl sites for hydroxylation is 2. The van der Waals surface area contributed by atoms with Gasteiger partial charge in [-0.15, -0.1) is 0 Å². The first-order chi connectivity index (χ1) is 13.9. The molecule has 0 bridgehead atoms. The molecule has 1 unspecified atom stereocenters. The summed E-state index contributed by atoms with van der Waals surface area (Å²) in [6, 6.07) is 5.34. The molecular formula is C21H27N3O4S. The monoisotopic (exact) mass is 417 g/mol. The molecule has 0 radical (unpaired) electrons. The molecule has 2 amide bonds. The maximum atomic E-state index is 13.0. The van der Waals surface area contributed by atoms with Crippen molar-refractivity contribution in [2.75, 3.05) is 32.7 Å². The van der Waals surface area contributed by atoms with Crippen LogP contribution >= 0.6 is 0 Å². The molecule has 0 spiro atoms. The van der Waals surface area contributed by atoms with Crippen molar-refractivity contribution in [3.63, 3.8) is 0 Å². The first kappa shape index (κ1) is 19.1. The number of sulfonamides is 1. The van der Waals surface area contributed by atoms with Gasteiger partial charge in [-0.05, 0) is 55.4 Å². The van der Waals surface area contributed by atoms with Gasteiger partial charge in [-0.2, -0.15) is 4.31 Å². The Hall–Kier alpha value is -1.93. The summed E-state index contributed by atoms with van der Waals surface area (Å²) in [4.78, 5) is 29.0. The summed E-state index contributed by atoms with van der Waals surface area (Å²) in [6.07, 6.45) is 5.37.